The van der Waals surface area contributed by atoms with Crippen LogP contribution in [0.1, 0.15) is 17.3 Å². The largest absolute Gasteiger partial charge is 0.462 e. The minimum Gasteiger partial charge on any atom is -0.462 e. The van der Waals surface area contributed by atoms with E-state index >= 15 is 0 Å². The van der Waals surface area contributed by atoms with Crippen LogP contribution in [0.3, 0.4) is 0 Å². The Bertz CT molecular complexity index is 1490. The Hall–Kier alpha value is -4.64. The van der Waals surface area contributed by atoms with E-state index in [1.54, 1.807) is 19.1 Å². The van der Waals surface area contributed by atoms with Gasteiger partial charge in [-0.2, -0.15) is 0 Å². The summed E-state index contributed by atoms with van der Waals surface area (Å²) in [5, 5.41) is 0.672. The second-order valence-corrected chi connectivity index (χ2v) is 7.91. The monoisotopic (exact) mass is 461 g/mol. The van der Waals surface area contributed by atoms with Crippen LogP contribution in [0.2, 0.25) is 0 Å². The fourth-order valence-electron chi connectivity index (χ4n) is 4.22. The molecular formula is C30H23NO4. The average molecular weight is 462 g/mol. The molecule has 4 aromatic carbocycles. The third kappa shape index (κ3) is 4.32. The fraction of sp³-hybridized carbons (Fsp3) is 0.0667. The summed E-state index contributed by atoms with van der Waals surface area (Å²) in [7, 11) is 0. The molecule has 0 N–H and O–H groups in total. The van der Waals surface area contributed by atoms with Crippen molar-refractivity contribution in [2.24, 2.45) is 0 Å². The summed E-state index contributed by atoms with van der Waals surface area (Å²) in [6.07, 6.45) is 0. The molecule has 0 atom stereocenters. The van der Waals surface area contributed by atoms with Gasteiger partial charge in [-0.3, -0.25) is 0 Å². The maximum atomic E-state index is 12.8. The van der Waals surface area contributed by atoms with Crippen LogP contribution in [0, 0.1) is 0 Å². The zero-order valence-corrected chi connectivity index (χ0v) is 19.2. The first-order valence-electron chi connectivity index (χ1n) is 11.4. The lowest BCUT2D eigenvalue weighted by Gasteiger charge is -2.25. The molecule has 5 heteroatoms. The van der Waals surface area contributed by atoms with Gasteiger partial charge in [0.1, 0.15) is 5.58 Å². The molecular weight excluding hydrogens is 438 g/mol. The highest BCUT2D eigenvalue weighted by Gasteiger charge is 2.23. The zero-order chi connectivity index (χ0) is 24.2. The highest BCUT2D eigenvalue weighted by atomic mass is 16.5. The number of hydrogen-bond acceptors (Lipinski definition) is 5. The molecule has 0 amide bonds. The average Bonchev–Trinajstić information content (AvgIpc) is 2.90. The van der Waals surface area contributed by atoms with Crippen LogP contribution < -0.4 is 10.5 Å². The number of fused-ring (bicyclic) bond motifs is 1. The van der Waals surface area contributed by atoms with E-state index in [-0.39, 0.29) is 12.2 Å². The highest BCUT2D eigenvalue weighted by molar-refractivity contribution is 6.06. The van der Waals surface area contributed by atoms with Crippen molar-refractivity contribution in [3.63, 3.8) is 0 Å². The molecule has 35 heavy (non-hydrogen) atoms. The van der Waals surface area contributed by atoms with Gasteiger partial charge in [0, 0.05) is 28.0 Å². The van der Waals surface area contributed by atoms with Crippen LogP contribution in [0.4, 0.5) is 17.1 Å². The Morgan fingerprint density at radius 2 is 1.29 bits per heavy atom. The Labute approximate surface area is 202 Å². The lowest BCUT2D eigenvalue weighted by Crippen LogP contribution is -2.18. The van der Waals surface area contributed by atoms with Gasteiger partial charge in [-0.25, -0.2) is 9.59 Å². The van der Waals surface area contributed by atoms with E-state index in [0.29, 0.717) is 16.5 Å². The number of rotatable bonds is 6. The SMILES string of the molecule is CCOC(=O)c1c(-c2ccc(N(c3ccccc3)c3ccccc3)cc2)c2ccccc2oc1=O. The molecule has 0 aliphatic rings. The predicted octanol–water partition coefficient (Wildman–Crippen LogP) is 7.11. The molecule has 5 rings (SSSR count). The van der Waals surface area contributed by atoms with Gasteiger partial charge in [0.15, 0.2) is 5.56 Å². The summed E-state index contributed by atoms with van der Waals surface area (Å²) in [6.45, 7) is 1.86. The minimum atomic E-state index is -0.712. The van der Waals surface area contributed by atoms with Crippen molar-refractivity contribution in [2.45, 2.75) is 6.92 Å². The number of para-hydroxylation sites is 3. The van der Waals surface area contributed by atoms with E-state index in [1.165, 1.54) is 0 Å². The van der Waals surface area contributed by atoms with Crippen molar-refractivity contribution >= 4 is 34.0 Å². The number of hydrogen-bond donors (Lipinski definition) is 0. The summed E-state index contributed by atoms with van der Waals surface area (Å²) in [6, 6.07) is 35.2. The van der Waals surface area contributed by atoms with Crippen LogP contribution in [0.25, 0.3) is 22.1 Å². The molecule has 0 unspecified atom stereocenters. The maximum Gasteiger partial charge on any atom is 0.351 e. The molecule has 0 bridgehead atoms. The van der Waals surface area contributed by atoms with E-state index in [2.05, 4.69) is 29.2 Å². The lowest BCUT2D eigenvalue weighted by molar-refractivity contribution is 0.0522. The van der Waals surface area contributed by atoms with Gasteiger partial charge in [0.2, 0.25) is 0 Å². The Balaban J connectivity index is 1.67. The number of carbonyl (C=O) groups excluding carboxylic acids is 1. The number of nitrogens with zero attached hydrogens (tertiary/aromatic N) is 1. The van der Waals surface area contributed by atoms with Crippen LogP contribution in [-0.2, 0) is 4.74 Å². The van der Waals surface area contributed by atoms with Crippen LogP contribution in [-0.4, -0.2) is 12.6 Å². The molecule has 0 aliphatic heterocycles. The summed E-state index contributed by atoms with van der Waals surface area (Å²) < 4.78 is 10.6. The molecule has 1 aromatic heterocycles. The summed E-state index contributed by atoms with van der Waals surface area (Å²) in [5.74, 6) is -0.693. The van der Waals surface area contributed by atoms with Crippen molar-refractivity contribution in [2.75, 3.05) is 11.5 Å². The normalized spacial score (nSPS) is 10.8. The van der Waals surface area contributed by atoms with Crippen molar-refractivity contribution in [1.29, 1.82) is 0 Å². The van der Waals surface area contributed by atoms with Gasteiger partial charge >= 0.3 is 11.6 Å². The Morgan fingerprint density at radius 1 is 0.743 bits per heavy atom. The van der Waals surface area contributed by atoms with Gasteiger partial charge in [0.05, 0.1) is 6.61 Å². The molecule has 0 radical (unpaired) electrons. The van der Waals surface area contributed by atoms with E-state index < -0.39 is 11.6 Å². The van der Waals surface area contributed by atoms with Crippen molar-refractivity contribution in [1.82, 2.24) is 0 Å². The van der Waals surface area contributed by atoms with Crippen LogP contribution in [0.15, 0.2) is 118 Å². The number of carbonyl (C=O) groups is 1. The molecule has 0 spiro atoms. The smallest absolute Gasteiger partial charge is 0.351 e. The number of esters is 1. The number of anilines is 3. The standard InChI is InChI=1S/C30H23NO4/c1-2-34-29(32)28-27(25-15-9-10-16-26(25)35-30(28)33)21-17-19-24(20-18-21)31(22-11-5-3-6-12-22)23-13-7-4-8-14-23/h3-20H,2H2,1H3. The third-order valence-corrected chi connectivity index (χ3v) is 5.74. The van der Waals surface area contributed by atoms with E-state index in [1.807, 2.05) is 72.8 Å². The Morgan fingerprint density at radius 3 is 1.89 bits per heavy atom. The molecule has 0 aliphatic carbocycles. The second-order valence-electron chi connectivity index (χ2n) is 7.91. The molecule has 0 fully saturated rings. The van der Waals surface area contributed by atoms with E-state index in [0.717, 1.165) is 22.6 Å². The van der Waals surface area contributed by atoms with Gasteiger partial charge in [-0.05, 0) is 55.0 Å². The molecule has 0 saturated heterocycles. The van der Waals surface area contributed by atoms with Crippen molar-refractivity contribution in [3.8, 4) is 11.1 Å². The summed E-state index contributed by atoms with van der Waals surface area (Å²) in [5.41, 5.74) is 3.82. The minimum absolute atomic E-state index is 0.0960. The zero-order valence-electron chi connectivity index (χ0n) is 19.2. The first-order chi connectivity index (χ1) is 17.2. The fourth-order valence-corrected chi connectivity index (χ4v) is 4.22. The number of ether oxygens (including phenoxy) is 1. The molecule has 5 aromatic rings. The van der Waals surface area contributed by atoms with Crippen LogP contribution in [0.5, 0.6) is 0 Å². The van der Waals surface area contributed by atoms with Crippen molar-refractivity contribution < 1.29 is 13.9 Å². The first-order valence-corrected chi connectivity index (χ1v) is 11.4. The maximum absolute atomic E-state index is 12.8. The third-order valence-electron chi connectivity index (χ3n) is 5.74. The molecule has 172 valence electrons. The molecule has 5 nitrogen and oxygen atoms in total. The Kier molecular flexibility index (Phi) is 6.14. The lowest BCUT2D eigenvalue weighted by atomic mass is 9.96. The van der Waals surface area contributed by atoms with Gasteiger partial charge in [0.25, 0.3) is 0 Å². The van der Waals surface area contributed by atoms with Gasteiger partial charge in [-0.1, -0.05) is 66.7 Å². The summed E-state index contributed by atoms with van der Waals surface area (Å²) >= 11 is 0. The topological polar surface area (TPSA) is 59.8 Å². The predicted molar refractivity (Wildman–Crippen MR) is 139 cm³/mol. The van der Waals surface area contributed by atoms with Crippen LogP contribution >= 0.6 is 0 Å². The molecule has 0 saturated carbocycles. The molecule has 1 heterocycles. The second kappa shape index (κ2) is 9.69. The van der Waals surface area contributed by atoms with Gasteiger partial charge < -0.3 is 14.1 Å². The summed E-state index contributed by atoms with van der Waals surface area (Å²) in [4.78, 5) is 27.7. The van der Waals surface area contributed by atoms with Crippen molar-refractivity contribution in [3.05, 3.63) is 125 Å². The van der Waals surface area contributed by atoms with Gasteiger partial charge in [-0.15, -0.1) is 0 Å². The van der Waals surface area contributed by atoms with E-state index in [4.69, 9.17) is 9.15 Å². The quantitative estimate of drug-likeness (QED) is 0.199. The highest BCUT2D eigenvalue weighted by Crippen LogP contribution is 2.37. The first kappa shape index (κ1) is 22.2. The number of benzene rings is 4. The van der Waals surface area contributed by atoms with E-state index in [9.17, 15) is 9.59 Å².